The van der Waals surface area contributed by atoms with Gasteiger partial charge in [-0.1, -0.05) is 6.58 Å². The van der Waals surface area contributed by atoms with Crippen LogP contribution >= 0.6 is 0 Å². The Morgan fingerprint density at radius 3 is 2.87 bits per heavy atom. The lowest BCUT2D eigenvalue weighted by Gasteiger charge is -2.32. The Labute approximate surface area is 132 Å². The van der Waals surface area contributed by atoms with Crippen molar-refractivity contribution in [2.45, 2.75) is 31.6 Å². The molecule has 8 heteroatoms. The molecule has 0 spiro atoms. The number of piperidine rings is 1. The van der Waals surface area contributed by atoms with Gasteiger partial charge >= 0.3 is 6.18 Å². The zero-order valence-electron chi connectivity index (χ0n) is 12.6. The van der Waals surface area contributed by atoms with Crippen LogP contribution in [0.25, 0.3) is 6.20 Å². The predicted octanol–water partition coefficient (Wildman–Crippen LogP) is 3.04. The SMILES string of the molecule is C=Cn1cc(CN2CCC[C@H](n3ccc(C(F)(F)F)n3)C2)cn1. The highest BCUT2D eigenvalue weighted by Crippen LogP contribution is 2.29. The quantitative estimate of drug-likeness (QED) is 0.867. The van der Waals surface area contributed by atoms with E-state index in [1.54, 1.807) is 17.1 Å². The van der Waals surface area contributed by atoms with Crippen molar-refractivity contribution in [2.24, 2.45) is 0 Å². The average molecular weight is 325 g/mol. The molecule has 2 aromatic rings. The maximum atomic E-state index is 12.7. The van der Waals surface area contributed by atoms with E-state index in [2.05, 4.69) is 21.7 Å². The first-order chi connectivity index (χ1) is 11.0. The fraction of sp³-hybridized carbons (Fsp3) is 0.467. The van der Waals surface area contributed by atoms with Crippen LogP contribution in [0.15, 0.2) is 31.2 Å². The van der Waals surface area contributed by atoms with E-state index in [1.165, 1.54) is 10.9 Å². The molecule has 0 saturated carbocycles. The second kappa shape index (κ2) is 6.19. The van der Waals surface area contributed by atoms with Crippen molar-refractivity contribution in [1.82, 2.24) is 24.5 Å². The summed E-state index contributed by atoms with van der Waals surface area (Å²) in [4.78, 5) is 2.22. The van der Waals surface area contributed by atoms with Crippen LogP contribution in [0.1, 0.15) is 30.1 Å². The minimum Gasteiger partial charge on any atom is -0.297 e. The van der Waals surface area contributed by atoms with Crippen LogP contribution in [0.3, 0.4) is 0 Å². The van der Waals surface area contributed by atoms with Crippen molar-refractivity contribution >= 4 is 6.20 Å². The van der Waals surface area contributed by atoms with Crippen LogP contribution in [0.2, 0.25) is 0 Å². The number of hydrogen-bond donors (Lipinski definition) is 0. The summed E-state index contributed by atoms with van der Waals surface area (Å²) in [5.41, 5.74) is 0.226. The van der Waals surface area contributed by atoms with E-state index in [-0.39, 0.29) is 6.04 Å². The molecule has 1 saturated heterocycles. The number of hydrogen-bond acceptors (Lipinski definition) is 3. The van der Waals surface area contributed by atoms with Gasteiger partial charge in [-0.15, -0.1) is 0 Å². The zero-order chi connectivity index (χ0) is 16.4. The van der Waals surface area contributed by atoms with Crippen LogP contribution in [0, 0.1) is 0 Å². The van der Waals surface area contributed by atoms with Crippen molar-refractivity contribution < 1.29 is 13.2 Å². The minimum absolute atomic E-state index is 0.0331. The first-order valence-electron chi connectivity index (χ1n) is 7.46. The second-order valence-corrected chi connectivity index (χ2v) is 5.72. The Hall–Kier alpha value is -2.09. The predicted molar refractivity (Wildman–Crippen MR) is 79.4 cm³/mol. The third kappa shape index (κ3) is 3.64. The van der Waals surface area contributed by atoms with Gasteiger partial charge < -0.3 is 0 Å². The number of alkyl halides is 3. The summed E-state index contributed by atoms with van der Waals surface area (Å²) < 4.78 is 41.1. The van der Waals surface area contributed by atoms with E-state index in [9.17, 15) is 13.2 Å². The summed E-state index contributed by atoms with van der Waals surface area (Å²) >= 11 is 0. The Balaban J connectivity index is 1.66. The molecule has 23 heavy (non-hydrogen) atoms. The highest BCUT2D eigenvalue weighted by Gasteiger charge is 2.34. The summed E-state index contributed by atoms with van der Waals surface area (Å²) in [5.74, 6) is 0. The molecule has 0 amide bonds. The van der Waals surface area contributed by atoms with Crippen molar-refractivity contribution in [3.63, 3.8) is 0 Å². The molecule has 0 bridgehead atoms. The van der Waals surface area contributed by atoms with Gasteiger partial charge in [-0.05, 0) is 25.5 Å². The maximum Gasteiger partial charge on any atom is 0.435 e. The number of rotatable bonds is 4. The van der Waals surface area contributed by atoms with E-state index in [4.69, 9.17) is 0 Å². The third-order valence-corrected chi connectivity index (χ3v) is 4.00. The van der Waals surface area contributed by atoms with E-state index in [0.717, 1.165) is 37.6 Å². The highest BCUT2D eigenvalue weighted by atomic mass is 19.4. The third-order valence-electron chi connectivity index (χ3n) is 4.00. The Bertz CT molecular complexity index is 673. The minimum atomic E-state index is -4.39. The van der Waals surface area contributed by atoms with E-state index < -0.39 is 11.9 Å². The average Bonchev–Trinajstić information content (AvgIpc) is 3.16. The van der Waals surface area contributed by atoms with Crippen LogP contribution in [-0.4, -0.2) is 37.6 Å². The maximum absolute atomic E-state index is 12.7. The monoisotopic (exact) mass is 325 g/mol. The molecule has 0 radical (unpaired) electrons. The van der Waals surface area contributed by atoms with E-state index in [1.807, 2.05) is 6.20 Å². The Morgan fingerprint density at radius 1 is 1.39 bits per heavy atom. The van der Waals surface area contributed by atoms with E-state index >= 15 is 0 Å². The standard InChI is InChI=1S/C15H18F3N5/c1-2-22-10-12(8-19-22)9-21-6-3-4-13(11-21)23-7-5-14(20-23)15(16,17)18/h2,5,7-8,10,13H,1,3-4,6,9,11H2/t13-/m0/s1. The van der Waals surface area contributed by atoms with Crippen LogP contribution in [0.4, 0.5) is 13.2 Å². The fourth-order valence-electron chi connectivity index (χ4n) is 2.90. The van der Waals surface area contributed by atoms with Gasteiger partial charge in [0.25, 0.3) is 0 Å². The molecule has 3 rings (SSSR count). The van der Waals surface area contributed by atoms with Gasteiger partial charge in [0, 0.05) is 37.2 Å². The lowest BCUT2D eigenvalue weighted by Crippen LogP contribution is -2.36. The molecule has 3 heterocycles. The zero-order valence-corrected chi connectivity index (χ0v) is 12.6. The number of aromatic nitrogens is 4. The molecule has 5 nitrogen and oxygen atoms in total. The second-order valence-electron chi connectivity index (χ2n) is 5.72. The Kier molecular flexibility index (Phi) is 4.25. The lowest BCUT2D eigenvalue weighted by atomic mass is 10.1. The van der Waals surface area contributed by atoms with Crippen LogP contribution in [-0.2, 0) is 12.7 Å². The summed E-state index contributed by atoms with van der Waals surface area (Å²) in [5, 5.41) is 7.84. The summed E-state index contributed by atoms with van der Waals surface area (Å²) in [7, 11) is 0. The van der Waals surface area contributed by atoms with Gasteiger partial charge in [0.1, 0.15) is 0 Å². The first-order valence-corrected chi connectivity index (χ1v) is 7.46. The largest absolute Gasteiger partial charge is 0.435 e. The number of likely N-dealkylation sites (tertiary alicyclic amines) is 1. The van der Waals surface area contributed by atoms with Crippen LogP contribution in [0.5, 0.6) is 0 Å². The molecular formula is C15H18F3N5. The topological polar surface area (TPSA) is 38.9 Å². The van der Waals surface area contributed by atoms with Crippen molar-refractivity contribution in [3.05, 3.63) is 42.5 Å². The van der Waals surface area contributed by atoms with Crippen molar-refractivity contribution in [3.8, 4) is 0 Å². The summed E-state index contributed by atoms with van der Waals surface area (Å²) in [6.07, 6.45) is 4.09. The van der Waals surface area contributed by atoms with Gasteiger partial charge in [-0.25, -0.2) is 4.68 Å². The van der Waals surface area contributed by atoms with Crippen LogP contribution < -0.4 is 0 Å². The van der Waals surface area contributed by atoms with Gasteiger partial charge in [0.15, 0.2) is 5.69 Å². The lowest BCUT2D eigenvalue weighted by molar-refractivity contribution is -0.141. The molecule has 0 aliphatic carbocycles. The summed E-state index contributed by atoms with van der Waals surface area (Å²) in [6.45, 7) is 5.97. The molecule has 0 N–H and O–H groups in total. The summed E-state index contributed by atoms with van der Waals surface area (Å²) in [6, 6.07) is 1.00. The van der Waals surface area contributed by atoms with Gasteiger partial charge in [0.05, 0.1) is 12.2 Å². The van der Waals surface area contributed by atoms with Crippen molar-refractivity contribution in [2.75, 3.05) is 13.1 Å². The fourth-order valence-corrected chi connectivity index (χ4v) is 2.90. The molecule has 0 unspecified atom stereocenters. The smallest absolute Gasteiger partial charge is 0.297 e. The molecule has 1 atom stereocenters. The molecule has 124 valence electrons. The van der Waals surface area contributed by atoms with Gasteiger partial charge in [-0.2, -0.15) is 23.4 Å². The molecule has 1 aliphatic rings. The number of nitrogens with zero attached hydrogens (tertiary/aromatic N) is 5. The molecule has 0 aromatic carbocycles. The highest BCUT2D eigenvalue weighted by molar-refractivity contribution is 5.17. The van der Waals surface area contributed by atoms with Crippen molar-refractivity contribution in [1.29, 1.82) is 0 Å². The molecule has 1 fully saturated rings. The van der Waals surface area contributed by atoms with Gasteiger partial charge in [0.2, 0.25) is 0 Å². The van der Waals surface area contributed by atoms with E-state index in [0.29, 0.717) is 6.54 Å². The normalized spacial score (nSPS) is 19.9. The number of halogens is 3. The molecular weight excluding hydrogens is 307 g/mol. The first kappa shape index (κ1) is 15.8. The Morgan fingerprint density at radius 2 is 2.22 bits per heavy atom. The van der Waals surface area contributed by atoms with Gasteiger partial charge in [-0.3, -0.25) is 9.58 Å². The molecule has 1 aliphatic heterocycles. The molecule has 2 aromatic heterocycles.